The van der Waals surface area contributed by atoms with Gasteiger partial charge in [0.1, 0.15) is 5.82 Å². The van der Waals surface area contributed by atoms with E-state index in [1.165, 1.54) is 17.0 Å². The van der Waals surface area contributed by atoms with E-state index in [-0.39, 0.29) is 12.5 Å². The van der Waals surface area contributed by atoms with E-state index in [2.05, 4.69) is 21.2 Å². The highest BCUT2D eigenvalue weighted by Crippen LogP contribution is 2.23. The van der Waals surface area contributed by atoms with Gasteiger partial charge in [0.25, 0.3) is 0 Å². The number of carbonyl (C=O) groups excluding carboxylic acids is 1. The van der Waals surface area contributed by atoms with Crippen LogP contribution in [0.5, 0.6) is 0 Å². The SMILES string of the molecule is CC1CC(C(=O)O)CN(C(=O)Nc2ccc(Br)c(F)c2)C1. The van der Waals surface area contributed by atoms with Crippen LogP contribution in [0.1, 0.15) is 13.3 Å². The molecule has 0 radical (unpaired) electrons. The zero-order chi connectivity index (χ0) is 15.6. The van der Waals surface area contributed by atoms with Crippen LogP contribution in [0.25, 0.3) is 0 Å². The normalized spacial score (nSPS) is 22.0. The minimum absolute atomic E-state index is 0.118. The predicted octanol–water partition coefficient (Wildman–Crippen LogP) is 3.16. The fraction of sp³-hybridized carbons (Fsp3) is 0.429. The third kappa shape index (κ3) is 3.93. The molecule has 1 aromatic carbocycles. The first-order valence-electron chi connectivity index (χ1n) is 6.60. The molecule has 0 aliphatic carbocycles. The highest BCUT2D eigenvalue weighted by Gasteiger charge is 2.31. The molecule has 1 aromatic rings. The maximum atomic E-state index is 13.4. The third-order valence-electron chi connectivity index (χ3n) is 3.47. The van der Waals surface area contributed by atoms with Crippen LogP contribution in [-0.2, 0) is 4.79 Å². The van der Waals surface area contributed by atoms with Crippen LogP contribution in [0.3, 0.4) is 0 Å². The molecule has 114 valence electrons. The van der Waals surface area contributed by atoms with Gasteiger partial charge in [-0.1, -0.05) is 6.92 Å². The third-order valence-corrected chi connectivity index (χ3v) is 4.11. The average molecular weight is 359 g/mol. The van der Waals surface area contributed by atoms with Crippen LogP contribution in [0.2, 0.25) is 0 Å². The summed E-state index contributed by atoms with van der Waals surface area (Å²) in [5, 5.41) is 11.7. The van der Waals surface area contributed by atoms with E-state index in [9.17, 15) is 14.0 Å². The Labute approximate surface area is 130 Å². The van der Waals surface area contributed by atoms with E-state index in [4.69, 9.17) is 5.11 Å². The number of carboxylic acid groups (broad SMARTS) is 1. The molecular formula is C14H16BrFN2O3. The average Bonchev–Trinajstić information content (AvgIpc) is 2.42. The summed E-state index contributed by atoms with van der Waals surface area (Å²) in [6.45, 7) is 2.58. The lowest BCUT2D eigenvalue weighted by atomic mass is 9.91. The number of nitrogens with zero attached hydrogens (tertiary/aromatic N) is 1. The number of hydrogen-bond acceptors (Lipinski definition) is 2. The molecule has 1 fully saturated rings. The van der Waals surface area contributed by atoms with Crippen LogP contribution < -0.4 is 5.32 Å². The Morgan fingerprint density at radius 2 is 2.14 bits per heavy atom. The molecule has 0 bridgehead atoms. The predicted molar refractivity (Wildman–Crippen MR) is 79.6 cm³/mol. The minimum atomic E-state index is -0.894. The van der Waals surface area contributed by atoms with Crippen LogP contribution in [0.15, 0.2) is 22.7 Å². The van der Waals surface area contributed by atoms with Crippen molar-refractivity contribution in [2.75, 3.05) is 18.4 Å². The Morgan fingerprint density at radius 1 is 1.43 bits per heavy atom. The molecule has 0 aromatic heterocycles. The number of piperidine rings is 1. The first-order chi connectivity index (χ1) is 9.86. The van der Waals surface area contributed by atoms with Gasteiger partial charge in [-0.2, -0.15) is 0 Å². The molecule has 21 heavy (non-hydrogen) atoms. The summed E-state index contributed by atoms with van der Waals surface area (Å²) in [5.74, 6) is -1.80. The summed E-state index contributed by atoms with van der Waals surface area (Å²) >= 11 is 3.04. The van der Waals surface area contributed by atoms with E-state index < -0.39 is 23.7 Å². The number of benzene rings is 1. The largest absolute Gasteiger partial charge is 0.481 e. The van der Waals surface area contributed by atoms with Gasteiger partial charge >= 0.3 is 12.0 Å². The molecule has 2 unspecified atom stereocenters. The Balaban J connectivity index is 2.05. The van der Waals surface area contributed by atoms with E-state index in [0.29, 0.717) is 23.1 Å². The lowest BCUT2D eigenvalue weighted by Gasteiger charge is -2.34. The summed E-state index contributed by atoms with van der Waals surface area (Å²) in [7, 11) is 0. The number of hydrogen-bond donors (Lipinski definition) is 2. The van der Waals surface area contributed by atoms with Crippen molar-refractivity contribution in [3.63, 3.8) is 0 Å². The Kier molecular flexibility index (Phi) is 4.82. The van der Waals surface area contributed by atoms with Gasteiger partial charge in [-0.25, -0.2) is 9.18 Å². The summed E-state index contributed by atoms with van der Waals surface area (Å²) < 4.78 is 13.7. The number of carbonyl (C=O) groups is 2. The number of amides is 2. The smallest absolute Gasteiger partial charge is 0.321 e. The first-order valence-corrected chi connectivity index (χ1v) is 7.40. The summed E-state index contributed by atoms with van der Waals surface area (Å²) in [6, 6.07) is 3.88. The second kappa shape index (κ2) is 6.43. The van der Waals surface area contributed by atoms with Crippen molar-refractivity contribution < 1.29 is 19.1 Å². The van der Waals surface area contributed by atoms with Crippen molar-refractivity contribution in [2.24, 2.45) is 11.8 Å². The Bertz CT molecular complexity index is 567. The number of rotatable bonds is 2. The highest BCUT2D eigenvalue weighted by molar-refractivity contribution is 9.10. The Hall–Kier alpha value is -1.63. The van der Waals surface area contributed by atoms with E-state index in [0.717, 1.165) is 0 Å². The Morgan fingerprint density at radius 3 is 2.76 bits per heavy atom. The van der Waals surface area contributed by atoms with Gasteiger partial charge in [-0.15, -0.1) is 0 Å². The fourth-order valence-electron chi connectivity index (χ4n) is 2.47. The van der Waals surface area contributed by atoms with Crippen molar-refractivity contribution in [3.05, 3.63) is 28.5 Å². The van der Waals surface area contributed by atoms with Crippen molar-refractivity contribution in [1.29, 1.82) is 0 Å². The molecule has 1 heterocycles. The van der Waals surface area contributed by atoms with Gasteiger partial charge in [0.15, 0.2) is 0 Å². The number of aliphatic carboxylic acids is 1. The minimum Gasteiger partial charge on any atom is -0.481 e. The topological polar surface area (TPSA) is 69.6 Å². The van der Waals surface area contributed by atoms with Gasteiger partial charge < -0.3 is 15.3 Å². The fourth-order valence-corrected chi connectivity index (χ4v) is 2.72. The summed E-state index contributed by atoms with van der Waals surface area (Å²) in [6.07, 6.45) is 0.562. The second-order valence-corrected chi connectivity index (χ2v) is 6.19. The number of anilines is 1. The standard InChI is InChI=1S/C14H16BrFN2O3/c1-8-4-9(13(19)20)7-18(6-8)14(21)17-10-2-3-11(15)12(16)5-10/h2-3,5,8-9H,4,6-7H2,1H3,(H,17,21)(H,19,20). The molecule has 1 aliphatic rings. The molecule has 2 rings (SSSR count). The molecule has 0 spiro atoms. The number of nitrogens with one attached hydrogen (secondary N) is 1. The molecule has 1 saturated heterocycles. The van der Waals surface area contributed by atoms with Crippen LogP contribution in [0.4, 0.5) is 14.9 Å². The monoisotopic (exact) mass is 358 g/mol. The van der Waals surface area contributed by atoms with Crippen molar-refractivity contribution in [3.8, 4) is 0 Å². The molecule has 5 nitrogen and oxygen atoms in total. The van der Waals surface area contributed by atoms with Crippen molar-refractivity contribution in [2.45, 2.75) is 13.3 Å². The number of carboxylic acids is 1. The van der Waals surface area contributed by atoms with Gasteiger partial charge in [0, 0.05) is 18.8 Å². The van der Waals surface area contributed by atoms with Gasteiger partial charge in [-0.3, -0.25) is 4.79 Å². The lowest BCUT2D eigenvalue weighted by molar-refractivity contribution is -0.143. The van der Waals surface area contributed by atoms with E-state index in [1.807, 2.05) is 6.92 Å². The molecule has 0 saturated carbocycles. The highest BCUT2D eigenvalue weighted by atomic mass is 79.9. The van der Waals surface area contributed by atoms with Gasteiger partial charge in [-0.05, 0) is 46.5 Å². The summed E-state index contributed by atoms with van der Waals surface area (Å²) in [5.41, 5.74) is 0.339. The second-order valence-electron chi connectivity index (χ2n) is 5.34. The van der Waals surface area contributed by atoms with Crippen LogP contribution >= 0.6 is 15.9 Å². The maximum Gasteiger partial charge on any atom is 0.321 e. The zero-order valence-corrected chi connectivity index (χ0v) is 13.1. The molecule has 7 heteroatoms. The van der Waals surface area contributed by atoms with Crippen molar-refractivity contribution >= 4 is 33.6 Å². The van der Waals surface area contributed by atoms with Crippen LogP contribution in [-0.4, -0.2) is 35.1 Å². The molecular weight excluding hydrogens is 343 g/mol. The summed E-state index contributed by atoms with van der Waals surface area (Å²) in [4.78, 5) is 24.7. The quantitative estimate of drug-likeness (QED) is 0.852. The molecule has 2 atom stereocenters. The first kappa shape index (κ1) is 15.8. The van der Waals surface area contributed by atoms with E-state index in [1.54, 1.807) is 6.07 Å². The lowest BCUT2D eigenvalue weighted by Crippen LogP contribution is -2.47. The molecule has 2 amide bonds. The van der Waals surface area contributed by atoms with Crippen LogP contribution in [0, 0.1) is 17.7 Å². The molecule has 1 aliphatic heterocycles. The molecule has 2 N–H and O–H groups in total. The van der Waals surface area contributed by atoms with Gasteiger partial charge in [0.05, 0.1) is 10.4 Å². The zero-order valence-electron chi connectivity index (χ0n) is 11.5. The maximum absolute atomic E-state index is 13.4. The van der Waals surface area contributed by atoms with Gasteiger partial charge in [0.2, 0.25) is 0 Å². The number of urea groups is 1. The van der Waals surface area contributed by atoms with E-state index >= 15 is 0 Å². The van der Waals surface area contributed by atoms with Crippen molar-refractivity contribution in [1.82, 2.24) is 4.90 Å². The number of halogens is 2. The number of likely N-dealkylation sites (tertiary alicyclic amines) is 1.